The maximum atomic E-state index is 13.2. The van der Waals surface area contributed by atoms with Crippen molar-refractivity contribution in [3.05, 3.63) is 48.0 Å². The van der Waals surface area contributed by atoms with Crippen LogP contribution in [0.4, 0.5) is 10.1 Å². The van der Waals surface area contributed by atoms with Crippen LogP contribution < -0.4 is 10.6 Å². The maximum Gasteiger partial charge on any atom is 0.243 e. The van der Waals surface area contributed by atoms with Gasteiger partial charge < -0.3 is 15.5 Å². The zero-order valence-corrected chi connectivity index (χ0v) is 17.7. The minimum atomic E-state index is -0.384. The lowest BCUT2D eigenvalue weighted by atomic mass is 10.0. The van der Waals surface area contributed by atoms with Crippen molar-refractivity contribution >= 4 is 41.5 Å². The lowest BCUT2D eigenvalue weighted by molar-refractivity contribution is -0.115. The summed E-state index contributed by atoms with van der Waals surface area (Å²) in [5.41, 5.74) is 1.65. The van der Waals surface area contributed by atoms with Crippen LogP contribution in [0.3, 0.4) is 0 Å². The number of rotatable bonds is 4. The Morgan fingerprint density at radius 3 is 2.93 bits per heavy atom. The molecule has 2 heterocycles. The van der Waals surface area contributed by atoms with Gasteiger partial charge in [0.25, 0.3) is 0 Å². The van der Waals surface area contributed by atoms with Crippen LogP contribution in [0.15, 0.2) is 41.7 Å². The van der Waals surface area contributed by atoms with Gasteiger partial charge in [-0.1, -0.05) is 6.07 Å². The zero-order valence-electron chi connectivity index (χ0n) is 15.4. The molecule has 9 heteroatoms. The third-order valence-corrected chi connectivity index (χ3v) is 4.41. The molecule has 7 nitrogen and oxygen atoms in total. The van der Waals surface area contributed by atoms with Crippen LogP contribution in [0.1, 0.15) is 17.9 Å². The minimum absolute atomic E-state index is 0. The standard InChI is InChI=1S/C18H23FN6O.HI/c1-20-18(21-10-17(26)23-16-5-3-4-15(19)8-16)25-7-6-13(12-25)14-9-22-24(2)11-14;/h3-5,8-9,11,13H,6-7,10,12H2,1-2H3,(H,20,21)(H,23,26);1H. The highest BCUT2D eigenvalue weighted by Gasteiger charge is 2.27. The molecule has 1 amide bonds. The first kappa shape index (κ1) is 21.1. The first-order chi connectivity index (χ1) is 12.5. The molecule has 0 saturated carbocycles. The molecule has 0 radical (unpaired) electrons. The van der Waals surface area contributed by atoms with Crippen molar-refractivity contribution < 1.29 is 9.18 Å². The summed E-state index contributed by atoms with van der Waals surface area (Å²) in [7, 11) is 3.61. The summed E-state index contributed by atoms with van der Waals surface area (Å²) < 4.78 is 15.0. The van der Waals surface area contributed by atoms with E-state index in [4.69, 9.17) is 0 Å². The summed E-state index contributed by atoms with van der Waals surface area (Å²) >= 11 is 0. The molecule has 146 valence electrons. The van der Waals surface area contributed by atoms with Gasteiger partial charge in [0.2, 0.25) is 5.91 Å². The first-order valence-electron chi connectivity index (χ1n) is 8.54. The number of carbonyl (C=O) groups is 1. The Morgan fingerprint density at radius 1 is 1.44 bits per heavy atom. The SMILES string of the molecule is CN=C(NCC(=O)Nc1cccc(F)c1)N1CCC(c2cnn(C)c2)C1.I. The summed E-state index contributed by atoms with van der Waals surface area (Å²) in [4.78, 5) is 18.5. The van der Waals surface area contributed by atoms with Crippen LogP contribution in [0.5, 0.6) is 0 Å². The number of aryl methyl sites for hydroxylation is 1. The maximum absolute atomic E-state index is 13.2. The zero-order chi connectivity index (χ0) is 18.5. The number of hydrogen-bond donors (Lipinski definition) is 2. The number of anilines is 1. The smallest absolute Gasteiger partial charge is 0.243 e. The molecule has 0 bridgehead atoms. The van der Waals surface area contributed by atoms with Gasteiger partial charge in [-0.3, -0.25) is 14.5 Å². The van der Waals surface area contributed by atoms with Gasteiger partial charge >= 0.3 is 0 Å². The first-order valence-corrected chi connectivity index (χ1v) is 8.54. The second-order valence-electron chi connectivity index (χ2n) is 6.34. The molecule has 27 heavy (non-hydrogen) atoms. The number of aliphatic imine (C=N–C) groups is 1. The molecule has 1 aliphatic rings. The quantitative estimate of drug-likeness (QED) is 0.395. The molecule has 1 aliphatic heterocycles. The van der Waals surface area contributed by atoms with E-state index in [1.54, 1.807) is 19.2 Å². The van der Waals surface area contributed by atoms with Crippen molar-refractivity contribution in [2.24, 2.45) is 12.0 Å². The molecule has 2 N–H and O–H groups in total. The van der Waals surface area contributed by atoms with E-state index >= 15 is 0 Å². The second kappa shape index (κ2) is 9.67. The number of guanidine groups is 1. The molecule has 1 aromatic carbocycles. The van der Waals surface area contributed by atoms with E-state index in [9.17, 15) is 9.18 Å². The summed E-state index contributed by atoms with van der Waals surface area (Å²) in [5.74, 6) is 0.457. The van der Waals surface area contributed by atoms with Crippen LogP contribution in [-0.2, 0) is 11.8 Å². The van der Waals surface area contributed by atoms with Gasteiger partial charge in [-0.2, -0.15) is 5.10 Å². The van der Waals surface area contributed by atoms with Crippen LogP contribution in [0.2, 0.25) is 0 Å². The van der Waals surface area contributed by atoms with Crippen LogP contribution in [0.25, 0.3) is 0 Å². The van der Waals surface area contributed by atoms with E-state index in [0.29, 0.717) is 17.6 Å². The molecule has 1 saturated heterocycles. The van der Waals surface area contributed by atoms with E-state index in [0.717, 1.165) is 19.5 Å². The third-order valence-electron chi connectivity index (χ3n) is 4.41. The molecule has 0 aliphatic carbocycles. The Bertz CT molecular complexity index is 809. The highest BCUT2D eigenvalue weighted by atomic mass is 127. The average molecular weight is 486 g/mol. The lowest BCUT2D eigenvalue weighted by Gasteiger charge is -2.21. The number of nitrogens with one attached hydrogen (secondary N) is 2. The molecular weight excluding hydrogens is 462 g/mol. The fourth-order valence-electron chi connectivity index (χ4n) is 3.14. The van der Waals surface area contributed by atoms with E-state index in [-0.39, 0.29) is 42.2 Å². The number of amides is 1. The van der Waals surface area contributed by atoms with Crippen molar-refractivity contribution in [3.8, 4) is 0 Å². The molecule has 3 rings (SSSR count). The number of halogens is 2. The molecular formula is C18H24FIN6O. The van der Waals surface area contributed by atoms with Crippen LogP contribution in [0, 0.1) is 5.82 Å². The number of nitrogens with zero attached hydrogens (tertiary/aromatic N) is 4. The lowest BCUT2D eigenvalue weighted by Crippen LogP contribution is -2.43. The van der Waals surface area contributed by atoms with Crippen LogP contribution >= 0.6 is 24.0 Å². The summed E-state index contributed by atoms with van der Waals surface area (Å²) in [5, 5.41) is 9.97. The normalized spacial score (nSPS) is 16.8. The Hall–Kier alpha value is -2.17. The molecule has 2 aromatic rings. The van der Waals surface area contributed by atoms with E-state index < -0.39 is 0 Å². The van der Waals surface area contributed by atoms with Crippen molar-refractivity contribution in [2.75, 3.05) is 32.0 Å². The van der Waals surface area contributed by atoms with E-state index in [1.807, 2.05) is 24.1 Å². The predicted molar refractivity (Wildman–Crippen MR) is 114 cm³/mol. The molecule has 1 fully saturated rings. The van der Waals surface area contributed by atoms with Gasteiger partial charge in [0.1, 0.15) is 5.82 Å². The molecule has 1 unspecified atom stereocenters. The Labute approximate surface area is 175 Å². The van der Waals surface area contributed by atoms with Crippen molar-refractivity contribution in [3.63, 3.8) is 0 Å². The summed E-state index contributed by atoms with van der Waals surface area (Å²) in [6.45, 7) is 1.76. The van der Waals surface area contributed by atoms with E-state index in [2.05, 4.69) is 25.6 Å². The van der Waals surface area contributed by atoms with Gasteiger partial charge in [-0.15, -0.1) is 24.0 Å². The summed E-state index contributed by atoms with van der Waals surface area (Å²) in [6, 6.07) is 5.82. The largest absolute Gasteiger partial charge is 0.347 e. The van der Waals surface area contributed by atoms with Crippen molar-refractivity contribution in [1.29, 1.82) is 0 Å². The van der Waals surface area contributed by atoms with Gasteiger partial charge in [0.05, 0.1) is 12.7 Å². The number of likely N-dealkylation sites (tertiary alicyclic amines) is 1. The highest BCUT2D eigenvalue weighted by Crippen LogP contribution is 2.26. The van der Waals surface area contributed by atoms with Crippen molar-refractivity contribution in [2.45, 2.75) is 12.3 Å². The van der Waals surface area contributed by atoms with E-state index in [1.165, 1.54) is 17.7 Å². The van der Waals surface area contributed by atoms with Crippen LogP contribution in [-0.4, -0.2) is 53.2 Å². The number of hydrogen-bond acceptors (Lipinski definition) is 3. The number of aromatic nitrogens is 2. The number of benzene rings is 1. The molecule has 1 aromatic heterocycles. The second-order valence-corrected chi connectivity index (χ2v) is 6.34. The van der Waals surface area contributed by atoms with Gasteiger partial charge in [0, 0.05) is 45.0 Å². The van der Waals surface area contributed by atoms with Gasteiger partial charge in [0.15, 0.2) is 5.96 Å². The molecule has 0 spiro atoms. The Balaban J connectivity index is 0.00000261. The third kappa shape index (κ3) is 5.65. The summed E-state index contributed by atoms with van der Waals surface area (Å²) in [6.07, 6.45) is 4.95. The number of carbonyl (C=O) groups excluding carboxylic acids is 1. The predicted octanol–water partition coefficient (Wildman–Crippen LogP) is 2.18. The van der Waals surface area contributed by atoms with Gasteiger partial charge in [-0.25, -0.2) is 4.39 Å². The van der Waals surface area contributed by atoms with Crippen molar-refractivity contribution in [1.82, 2.24) is 20.0 Å². The Kier molecular flexibility index (Phi) is 7.57. The fourth-order valence-corrected chi connectivity index (χ4v) is 3.14. The fraction of sp³-hybridized carbons (Fsp3) is 0.389. The monoisotopic (exact) mass is 486 g/mol. The molecule has 1 atom stereocenters. The minimum Gasteiger partial charge on any atom is -0.347 e. The average Bonchev–Trinajstić information content (AvgIpc) is 3.24. The Morgan fingerprint density at radius 2 is 2.26 bits per heavy atom. The topological polar surface area (TPSA) is 74.6 Å². The van der Waals surface area contributed by atoms with Gasteiger partial charge in [-0.05, 0) is 30.2 Å². The highest BCUT2D eigenvalue weighted by molar-refractivity contribution is 14.0.